The van der Waals surface area contributed by atoms with E-state index >= 15 is 0 Å². The summed E-state index contributed by atoms with van der Waals surface area (Å²) < 4.78 is 4.87. The Labute approximate surface area is 106 Å². The van der Waals surface area contributed by atoms with Crippen LogP contribution in [0.2, 0.25) is 0 Å². The first-order valence-electron chi connectivity index (χ1n) is 5.80. The summed E-state index contributed by atoms with van der Waals surface area (Å²) in [5.41, 5.74) is 0.525. The molecule has 0 aromatic carbocycles. The number of rotatable bonds is 6. The third-order valence-corrected chi connectivity index (χ3v) is 2.27. The summed E-state index contributed by atoms with van der Waals surface area (Å²) in [6, 6.07) is 1.67. The lowest BCUT2D eigenvalue weighted by atomic mass is 10.2. The summed E-state index contributed by atoms with van der Waals surface area (Å²) >= 11 is 0. The first kappa shape index (κ1) is 14.2. The Morgan fingerprint density at radius 1 is 1.50 bits per heavy atom. The highest BCUT2D eigenvalue weighted by Gasteiger charge is 2.19. The van der Waals surface area contributed by atoms with E-state index < -0.39 is 5.97 Å². The van der Waals surface area contributed by atoms with Crippen molar-refractivity contribution in [2.24, 2.45) is 5.92 Å². The van der Waals surface area contributed by atoms with Crippen LogP contribution in [0, 0.1) is 12.8 Å². The predicted molar refractivity (Wildman–Crippen MR) is 64.0 cm³/mol. The van der Waals surface area contributed by atoms with Crippen molar-refractivity contribution in [1.82, 2.24) is 10.1 Å². The number of carboxylic acids is 1. The van der Waals surface area contributed by atoms with Crippen molar-refractivity contribution < 1.29 is 19.2 Å². The fourth-order valence-corrected chi connectivity index (χ4v) is 1.63. The largest absolute Gasteiger partial charge is 0.480 e. The van der Waals surface area contributed by atoms with Crippen molar-refractivity contribution in [2.45, 2.75) is 27.2 Å². The number of aryl methyl sites for hydroxylation is 1. The van der Waals surface area contributed by atoms with Gasteiger partial charge in [0.2, 0.25) is 5.91 Å². The van der Waals surface area contributed by atoms with Crippen LogP contribution in [0.15, 0.2) is 10.6 Å². The smallest absolute Gasteiger partial charge is 0.323 e. The second-order valence-electron chi connectivity index (χ2n) is 4.67. The topological polar surface area (TPSA) is 83.6 Å². The number of hydrogen-bond donors (Lipinski definition) is 1. The lowest BCUT2D eigenvalue weighted by Crippen LogP contribution is -2.39. The molecule has 1 amide bonds. The molecule has 0 saturated carbocycles. The molecule has 100 valence electrons. The molecule has 0 atom stereocenters. The fourth-order valence-electron chi connectivity index (χ4n) is 1.63. The molecular weight excluding hydrogens is 236 g/mol. The van der Waals surface area contributed by atoms with E-state index in [1.807, 2.05) is 13.8 Å². The van der Waals surface area contributed by atoms with Gasteiger partial charge in [-0.25, -0.2) is 0 Å². The van der Waals surface area contributed by atoms with E-state index in [1.165, 1.54) is 4.90 Å². The third kappa shape index (κ3) is 4.57. The van der Waals surface area contributed by atoms with Crippen LogP contribution in [-0.2, 0) is 16.0 Å². The lowest BCUT2D eigenvalue weighted by molar-refractivity contribution is -0.144. The van der Waals surface area contributed by atoms with Gasteiger partial charge in [-0.05, 0) is 12.8 Å². The third-order valence-electron chi connectivity index (χ3n) is 2.27. The number of amides is 1. The zero-order valence-electron chi connectivity index (χ0n) is 10.8. The number of carbonyl (C=O) groups excluding carboxylic acids is 1. The molecule has 0 aliphatic heterocycles. The van der Waals surface area contributed by atoms with Gasteiger partial charge in [0.25, 0.3) is 0 Å². The average Bonchev–Trinajstić information content (AvgIpc) is 2.61. The van der Waals surface area contributed by atoms with E-state index in [0.29, 0.717) is 18.0 Å². The van der Waals surface area contributed by atoms with Crippen LogP contribution in [0.3, 0.4) is 0 Å². The highest BCUT2D eigenvalue weighted by molar-refractivity contribution is 5.82. The van der Waals surface area contributed by atoms with E-state index in [0.717, 1.165) is 0 Å². The van der Waals surface area contributed by atoms with Crippen LogP contribution < -0.4 is 0 Å². The van der Waals surface area contributed by atoms with Crippen molar-refractivity contribution in [3.63, 3.8) is 0 Å². The number of carboxylic acid groups (broad SMARTS) is 1. The Bertz CT molecular complexity index is 425. The predicted octanol–water partition coefficient (Wildman–Crippen LogP) is 1.09. The number of carbonyl (C=O) groups is 2. The van der Waals surface area contributed by atoms with Crippen molar-refractivity contribution >= 4 is 11.9 Å². The quantitative estimate of drug-likeness (QED) is 0.821. The molecule has 0 bridgehead atoms. The van der Waals surface area contributed by atoms with Crippen molar-refractivity contribution in [1.29, 1.82) is 0 Å². The Hall–Kier alpha value is -1.85. The Morgan fingerprint density at radius 2 is 2.17 bits per heavy atom. The molecule has 0 aliphatic carbocycles. The van der Waals surface area contributed by atoms with Gasteiger partial charge < -0.3 is 14.5 Å². The molecule has 1 heterocycles. The maximum absolute atomic E-state index is 12.0. The van der Waals surface area contributed by atoms with Crippen LogP contribution in [0.4, 0.5) is 0 Å². The van der Waals surface area contributed by atoms with Crippen LogP contribution in [0.5, 0.6) is 0 Å². The second-order valence-corrected chi connectivity index (χ2v) is 4.67. The minimum Gasteiger partial charge on any atom is -0.480 e. The maximum atomic E-state index is 12.0. The molecule has 1 aromatic rings. The summed E-state index contributed by atoms with van der Waals surface area (Å²) in [6.07, 6.45) is 0.0668. The van der Waals surface area contributed by atoms with Gasteiger partial charge >= 0.3 is 5.97 Å². The van der Waals surface area contributed by atoms with Crippen LogP contribution in [0.25, 0.3) is 0 Å². The van der Waals surface area contributed by atoms with Gasteiger partial charge in [-0.2, -0.15) is 0 Å². The Balaban J connectivity index is 2.66. The highest BCUT2D eigenvalue weighted by atomic mass is 16.5. The van der Waals surface area contributed by atoms with Gasteiger partial charge in [0.05, 0.1) is 12.1 Å². The molecule has 6 heteroatoms. The van der Waals surface area contributed by atoms with Gasteiger partial charge in [-0.3, -0.25) is 9.59 Å². The molecule has 0 unspecified atom stereocenters. The fraction of sp³-hybridized carbons (Fsp3) is 0.583. The molecule has 6 nitrogen and oxygen atoms in total. The first-order valence-corrected chi connectivity index (χ1v) is 5.80. The number of hydrogen-bond acceptors (Lipinski definition) is 4. The van der Waals surface area contributed by atoms with E-state index in [2.05, 4.69) is 5.16 Å². The highest BCUT2D eigenvalue weighted by Crippen LogP contribution is 2.06. The van der Waals surface area contributed by atoms with Gasteiger partial charge in [-0.1, -0.05) is 19.0 Å². The second kappa shape index (κ2) is 6.18. The zero-order valence-corrected chi connectivity index (χ0v) is 10.8. The molecule has 0 saturated heterocycles. The molecule has 0 aliphatic rings. The van der Waals surface area contributed by atoms with E-state index in [1.54, 1.807) is 13.0 Å². The lowest BCUT2D eigenvalue weighted by Gasteiger charge is -2.22. The summed E-state index contributed by atoms with van der Waals surface area (Å²) in [5.74, 6) is -0.418. The Morgan fingerprint density at radius 3 is 2.61 bits per heavy atom. The van der Waals surface area contributed by atoms with Crippen LogP contribution >= 0.6 is 0 Å². The maximum Gasteiger partial charge on any atom is 0.323 e. The van der Waals surface area contributed by atoms with Gasteiger partial charge in [0, 0.05) is 12.6 Å². The van der Waals surface area contributed by atoms with Crippen LogP contribution in [0.1, 0.15) is 25.3 Å². The number of aromatic nitrogens is 1. The number of aliphatic carboxylic acids is 1. The van der Waals surface area contributed by atoms with E-state index in [4.69, 9.17) is 9.63 Å². The normalized spacial score (nSPS) is 10.7. The zero-order chi connectivity index (χ0) is 13.7. The molecule has 1 N–H and O–H groups in total. The van der Waals surface area contributed by atoms with Crippen molar-refractivity contribution in [3.05, 3.63) is 17.5 Å². The summed E-state index contributed by atoms with van der Waals surface area (Å²) in [7, 11) is 0. The summed E-state index contributed by atoms with van der Waals surface area (Å²) in [5, 5.41) is 12.5. The summed E-state index contributed by atoms with van der Waals surface area (Å²) in [4.78, 5) is 24.0. The average molecular weight is 254 g/mol. The molecule has 0 radical (unpaired) electrons. The molecule has 0 fully saturated rings. The van der Waals surface area contributed by atoms with E-state index in [-0.39, 0.29) is 24.8 Å². The number of nitrogens with zero attached hydrogens (tertiary/aromatic N) is 2. The van der Waals surface area contributed by atoms with Gasteiger partial charge in [-0.15, -0.1) is 0 Å². The first-order chi connectivity index (χ1) is 8.38. The minimum atomic E-state index is -1.01. The minimum absolute atomic E-state index is 0.0668. The van der Waals surface area contributed by atoms with Crippen molar-refractivity contribution in [2.75, 3.05) is 13.1 Å². The van der Waals surface area contributed by atoms with Crippen LogP contribution in [-0.4, -0.2) is 40.1 Å². The van der Waals surface area contributed by atoms with Crippen molar-refractivity contribution in [3.8, 4) is 0 Å². The Kier molecular flexibility index (Phi) is 4.88. The van der Waals surface area contributed by atoms with Gasteiger partial charge in [0.1, 0.15) is 12.3 Å². The SMILES string of the molecule is Cc1cc(CC(=O)N(CC(=O)O)CC(C)C)no1. The molecule has 0 spiro atoms. The molecule has 18 heavy (non-hydrogen) atoms. The van der Waals surface area contributed by atoms with E-state index in [9.17, 15) is 9.59 Å². The molecule has 1 rings (SSSR count). The monoisotopic (exact) mass is 254 g/mol. The summed E-state index contributed by atoms with van der Waals surface area (Å²) in [6.45, 7) is 5.74. The van der Waals surface area contributed by atoms with Gasteiger partial charge in [0.15, 0.2) is 0 Å². The molecular formula is C12H18N2O4. The standard InChI is InChI=1S/C12H18N2O4/c1-8(2)6-14(7-12(16)17)11(15)5-10-4-9(3)18-13-10/h4,8H,5-7H2,1-3H3,(H,16,17). The molecule has 1 aromatic heterocycles.